The van der Waals surface area contributed by atoms with Crippen LogP contribution in [0.2, 0.25) is 5.28 Å². The van der Waals surface area contributed by atoms with Gasteiger partial charge in [-0.15, -0.1) is 0 Å². The van der Waals surface area contributed by atoms with E-state index in [-0.39, 0.29) is 43.1 Å². The lowest BCUT2D eigenvalue weighted by atomic mass is 9.91. The van der Waals surface area contributed by atoms with E-state index in [1.165, 1.54) is 39.5 Å². The van der Waals surface area contributed by atoms with Crippen molar-refractivity contribution in [2.24, 2.45) is 0 Å². The molecule has 0 bridgehead atoms. The predicted octanol–water partition coefficient (Wildman–Crippen LogP) is 4.35. The second kappa shape index (κ2) is 11.0. The van der Waals surface area contributed by atoms with Crippen molar-refractivity contribution in [1.29, 1.82) is 0 Å². The quantitative estimate of drug-likeness (QED) is 0.297. The van der Waals surface area contributed by atoms with Crippen LogP contribution in [0.5, 0.6) is 5.75 Å². The second-order valence-corrected chi connectivity index (χ2v) is 9.28. The zero-order chi connectivity index (χ0) is 24.9. The largest absolute Gasteiger partial charge is 0.495 e. The summed E-state index contributed by atoms with van der Waals surface area (Å²) in [5.41, 5.74) is -0.869. The first kappa shape index (κ1) is 27.3. The van der Waals surface area contributed by atoms with Crippen molar-refractivity contribution in [3.63, 3.8) is 0 Å². The minimum Gasteiger partial charge on any atom is -0.495 e. The molecule has 184 valence electrons. The monoisotopic (exact) mass is 513 g/mol. The fourth-order valence-corrected chi connectivity index (χ4v) is 4.66. The summed E-state index contributed by atoms with van der Waals surface area (Å²) in [7, 11) is -0.686. The van der Waals surface area contributed by atoms with Crippen LogP contribution in [0.25, 0.3) is 0 Å². The number of rotatable bonds is 11. The molecule has 9 nitrogen and oxygen atoms in total. The van der Waals surface area contributed by atoms with Gasteiger partial charge in [0.25, 0.3) is 0 Å². The molecule has 0 fully saturated rings. The summed E-state index contributed by atoms with van der Waals surface area (Å²) in [6.45, 7) is 0.0943. The number of ether oxygens (including phenoxy) is 3. The smallest absolute Gasteiger partial charge is 0.421 e. The average Bonchev–Trinajstić information content (AvgIpc) is 2.72. The number of alkyl halides is 3. The molecule has 1 aromatic heterocycles. The Morgan fingerprint density at radius 3 is 2.21 bits per heavy atom. The summed E-state index contributed by atoms with van der Waals surface area (Å²) >= 11 is 5.67. The fraction of sp³-hybridized carbons (Fsp3) is 0.474. The Morgan fingerprint density at radius 1 is 1.12 bits per heavy atom. The molecule has 0 aliphatic heterocycles. The second-order valence-electron chi connectivity index (χ2n) is 7.00. The molecule has 0 radical (unpaired) electrons. The summed E-state index contributed by atoms with van der Waals surface area (Å²) in [6, 6.07) is 4.09. The van der Waals surface area contributed by atoms with Gasteiger partial charge in [0.1, 0.15) is 22.3 Å². The van der Waals surface area contributed by atoms with E-state index in [4.69, 9.17) is 25.8 Å². The van der Waals surface area contributed by atoms with Crippen LogP contribution in [-0.4, -0.2) is 54.3 Å². The molecule has 2 aromatic rings. The van der Waals surface area contributed by atoms with Crippen LogP contribution in [-0.2, 0) is 25.4 Å². The van der Waals surface area contributed by atoms with E-state index in [9.17, 15) is 27.5 Å². The van der Waals surface area contributed by atoms with Gasteiger partial charge in [-0.05, 0) is 42.1 Å². The minimum absolute atomic E-state index is 0.0306. The van der Waals surface area contributed by atoms with E-state index in [1.54, 1.807) is 0 Å². The van der Waals surface area contributed by atoms with Crippen molar-refractivity contribution in [3.8, 4) is 5.75 Å². The molecule has 0 aliphatic carbocycles. The number of halogens is 4. The van der Waals surface area contributed by atoms with Gasteiger partial charge in [0.2, 0.25) is 5.28 Å². The zero-order valence-corrected chi connectivity index (χ0v) is 19.7. The molecular weight excluding hydrogens is 490 g/mol. The van der Waals surface area contributed by atoms with Crippen molar-refractivity contribution in [2.45, 2.75) is 24.2 Å². The summed E-state index contributed by atoms with van der Waals surface area (Å²) in [5, 5.41) is 0.451. The number of anilines is 2. The SMILES string of the molecule is COCCC(CCOC)(c1ccc(Nc2nc(Cl)ncc2C(F)(F)F)c(OC)c1)P(=O)(O)O. The summed E-state index contributed by atoms with van der Waals surface area (Å²) in [5.74, 6) is -0.573. The van der Waals surface area contributed by atoms with E-state index >= 15 is 0 Å². The van der Waals surface area contributed by atoms with Gasteiger partial charge in [0, 0.05) is 33.6 Å². The highest BCUT2D eigenvalue weighted by molar-refractivity contribution is 7.53. The first-order valence-corrected chi connectivity index (χ1v) is 11.5. The average molecular weight is 514 g/mol. The number of benzene rings is 1. The maximum Gasteiger partial charge on any atom is 0.421 e. The first-order valence-electron chi connectivity index (χ1n) is 9.48. The molecule has 1 heterocycles. The predicted molar refractivity (Wildman–Crippen MR) is 115 cm³/mol. The van der Waals surface area contributed by atoms with Crippen molar-refractivity contribution in [1.82, 2.24) is 9.97 Å². The van der Waals surface area contributed by atoms with Crippen LogP contribution in [0.1, 0.15) is 24.0 Å². The molecule has 1 aromatic carbocycles. The Hall–Kier alpha value is -1.95. The molecule has 3 N–H and O–H groups in total. The van der Waals surface area contributed by atoms with Gasteiger partial charge < -0.3 is 29.3 Å². The van der Waals surface area contributed by atoms with E-state index < -0.39 is 35.6 Å². The maximum absolute atomic E-state index is 13.3. The van der Waals surface area contributed by atoms with Crippen LogP contribution in [0.4, 0.5) is 24.7 Å². The standard InChI is InChI=1S/C19H24ClF3N3O6P/c1-30-8-6-18(7-9-31-2,33(27,28)29)12-4-5-14(15(10-12)32-3)25-16-13(19(21,22)23)11-24-17(20)26-16/h4-5,10-11H,6-9H2,1-3H3,(H,24,25,26)(H2,27,28,29). The molecule has 0 aliphatic rings. The van der Waals surface area contributed by atoms with Crippen molar-refractivity contribution in [2.75, 3.05) is 39.9 Å². The highest BCUT2D eigenvalue weighted by Gasteiger charge is 2.48. The van der Waals surface area contributed by atoms with E-state index in [0.29, 0.717) is 6.20 Å². The van der Waals surface area contributed by atoms with Crippen molar-refractivity contribution < 1.29 is 41.7 Å². The van der Waals surface area contributed by atoms with Crippen molar-refractivity contribution in [3.05, 3.63) is 40.8 Å². The minimum atomic E-state index is -4.76. The Bertz CT molecular complexity index is 997. The van der Waals surface area contributed by atoms with Crippen LogP contribution in [0.15, 0.2) is 24.4 Å². The van der Waals surface area contributed by atoms with Gasteiger partial charge in [0.05, 0.1) is 12.8 Å². The van der Waals surface area contributed by atoms with Crippen molar-refractivity contribution >= 4 is 30.7 Å². The highest BCUT2D eigenvalue weighted by atomic mass is 35.5. The van der Waals surface area contributed by atoms with Gasteiger partial charge in [-0.25, -0.2) is 4.98 Å². The Morgan fingerprint density at radius 2 is 1.73 bits per heavy atom. The molecule has 2 rings (SSSR count). The van der Waals surface area contributed by atoms with Crippen LogP contribution in [0.3, 0.4) is 0 Å². The van der Waals surface area contributed by atoms with Gasteiger partial charge in [0.15, 0.2) is 0 Å². The number of hydrogen-bond acceptors (Lipinski definition) is 7. The number of aromatic nitrogens is 2. The molecule has 33 heavy (non-hydrogen) atoms. The molecule has 0 amide bonds. The molecular formula is C19H24ClF3N3O6P. The van der Waals surface area contributed by atoms with Crippen LogP contribution >= 0.6 is 19.2 Å². The molecule has 0 unspecified atom stereocenters. The molecule has 0 saturated carbocycles. The summed E-state index contributed by atoms with van der Waals surface area (Å²) < 4.78 is 68.0. The maximum atomic E-state index is 13.3. The lowest BCUT2D eigenvalue weighted by molar-refractivity contribution is -0.137. The third kappa shape index (κ3) is 6.34. The molecule has 0 saturated heterocycles. The Kier molecular flexibility index (Phi) is 9.09. The molecule has 0 spiro atoms. The third-order valence-corrected chi connectivity index (χ3v) is 7.06. The zero-order valence-electron chi connectivity index (χ0n) is 18.0. The Labute approximate surface area is 193 Å². The van der Waals surface area contributed by atoms with Crippen LogP contribution in [0, 0.1) is 0 Å². The lowest BCUT2D eigenvalue weighted by Gasteiger charge is -2.35. The van der Waals surface area contributed by atoms with Gasteiger partial charge in [-0.1, -0.05) is 6.07 Å². The lowest BCUT2D eigenvalue weighted by Crippen LogP contribution is -2.30. The number of nitrogens with zero attached hydrogens (tertiary/aromatic N) is 2. The van der Waals surface area contributed by atoms with Gasteiger partial charge in [-0.2, -0.15) is 18.2 Å². The number of nitrogens with one attached hydrogen (secondary N) is 1. The topological polar surface area (TPSA) is 123 Å². The van der Waals surface area contributed by atoms with Crippen LogP contribution < -0.4 is 10.1 Å². The van der Waals surface area contributed by atoms with Gasteiger partial charge in [-0.3, -0.25) is 4.57 Å². The fourth-order valence-electron chi connectivity index (χ4n) is 3.29. The number of hydrogen-bond donors (Lipinski definition) is 3. The van der Waals surface area contributed by atoms with E-state index in [0.717, 1.165) is 0 Å². The Balaban J connectivity index is 2.59. The number of methoxy groups -OCH3 is 3. The summed E-state index contributed by atoms with van der Waals surface area (Å²) in [4.78, 5) is 27.5. The molecule has 0 atom stereocenters. The normalized spacial score (nSPS) is 12.6. The van der Waals surface area contributed by atoms with Gasteiger partial charge >= 0.3 is 13.8 Å². The highest BCUT2D eigenvalue weighted by Crippen LogP contribution is 2.61. The van der Waals surface area contributed by atoms with E-state index in [2.05, 4.69) is 15.3 Å². The third-order valence-electron chi connectivity index (χ3n) is 5.05. The summed E-state index contributed by atoms with van der Waals surface area (Å²) in [6.07, 6.45) is -4.28. The van der Waals surface area contributed by atoms with E-state index in [1.807, 2.05) is 0 Å². The first-order chi connectivity index (χ1) is 15.4. The molecule has 14 heteroatoms.